The van der Waals surface area contributed by atoms with Gasteiger partial charge in [-0.3, -0.25) is 29.6 Å². The number of hydrogen-bond donors (Lipinski definition) is 2. The number of aryl methyl sites for hydroxylation is 1. The summed E-state index contributed by atoms with van der Waals surface area (Å²) in [6, 6.07) is 13.4. The molecule has 0 saturated carbocycles. The van der Waals surface area contributed by atoms with Gasteiger partial charge in [0, 0.05) is 22.7 Å². The summed E-state index contributed by atoms with van der Waals surface area (Å²) in [4.78, 5) is 48.6. The highest BCUT2D eigenvalue weighted by atomic mass is 35.5. The molecule has 0 bridgehead atoms. The second kappa shape index (κ2) is 9.41. The van der Waals surface area contributed by atoms with Crippen LogP contribution < -0.4 is 10.7 Å². The minimum absolute atomic E-state index is 0.0313. The van der Waals surface area contributed by atoms with Gasteiger partial charge in [0.25, 0.3) is 11.8 Å². The third-order valence-corrected chi connectivity index (χ3v) is 4.82. The molecule has 1 heterocycles. The number of nitrogens with one attached hydrogen (secondary N) is 2. The Balaban J connectivity index is 1.48. The van der Waals surface area contributed by atoms with E-state index in [1.807, 2.05) is 19.1 Å². The first-order valence-corrected chi connectivity index (χ1v) is 9.60. The number of para-hydroxylation sites is 1. The van der Waals surface area contributed by atoms with Crippen LogP contribution in [0.25, 0.3) is 0 Å². The van der Waals surface area contributed by atoms with Gasteiger partial charge in [0.1, 0.15) is 0 Å². The molecule has 0 aromatic heterocycles. The molecule has 3 amide bonds. The van der Waals surface area contributed by atoms with Crippen LogP contribution in [0.5, 0.6) is 0 Å². The summed E-state index contributed by atoms with van der Waals surface area (Å²) in [5.74, 6) is -2.83. The Morgan fingerprint density at radius 1 is 1.13 bits per heavy atom. The van der Waals surface area contributed by atoms with Crippen molar-refractivity contribution in [2.75, 3.05) is 18.5 Å². The first kappa shape index (κ1) is 21.3. The van der Waals surface area contributed by atoms with Gasteiger partial charge in [-0.1, -0.05) is 29.8 Å². The number of carbonyl (C=O) groups excluding carboxylic acids is 4. The molecule has 30 heavy (non-hydrogen) atoms. The van der Waals surface area contributed by atoms with Gasteiger partial charge < -0.3 is 10.1 Å². The minimum Gasteiger partial charge on any atom is -0.455 e. The molecule has 1 aliphatic heterocycles. The van der Waals surface area contributed by atoms with Crippen molar-refractivity contribution in [2.45, 2.75) is 13.3 Å². The molecule has 3 rings (SSSR count). The van der Waals surface area contributed by atoms with Crippen molar-refractivity contribution in [2.24, 2.45) is 5.92 Å². The summed E-state index contributed by atoms with van der Waals surface area (Å²) in [5, 5.41) is 4.23. The van der Waals surface area contributed by atoms with Crippen LogP contribution in [-0.4, -0.2) is 41.9 Å². The largest absolute Gasteiger partial charge is 0.455 e. The van der Waals surface area contributed by atoms with Gasteiger partial charge in [0.2, 0.25) is 5.91 Å². The molecule has 2 aromatic rings. The van der Waals surface area contributed by atoms with Gasteiger partial charge in [-0.05, 0) is 42.8 Å². The van der Waals surface area contributed by atoms with Crippen molar-refractivity contribution in [1.29, 1.82) is 0 Å². The summed E-state index contributed by atoms with van der Waals surface area (Å²) in [6.45, 7) is 1.35. The zero-order valence-electron chi connectivity index (χ0n) is 16.2. The third-order valence-electron chi connectivity index (χ3n) is 4.57. The number of esters is 1. The van der Waals surface area contributed by atoms with E-state index in [2.05, 4.69) is 10.7 Å². The topological polar surface area (TPSA) is 105 Å². The molecule has 2 aromatic carbocycles. The van der Waals surface area contributed by atoms with E-state index in [4.69, 9.17) is 16.3 Å². The lowest BCUT2D eigenvalue weighted by Crippen LogP contribution is -2.43. The second-order valence-electron chi connectivity index (χ2n) is 6.82. The summed E-state index contributed by atoms with van der Waals surface area (Å²) in [7, 11) is 0. The molecule has 0 radical (unpaired) electrons. The number of carbonyl (C=O) groups is 4. The van der Waals surface area contributed by atoms with Crippen molar-refractivity contribution in [3.63, 3.8) is 0 Å². The Kier molecular flexibility index (Phi) is 6.68. The maximum atomic E-state index is 12.2. The van der Waals surface area contributed by atoms with E-state index in [9.17, 15) is 19.2 Å². The van der Waals surface area contributed by atoms with E-state index in [1.165, 1.54) is 12.1 Å². The minimum atomic E-state index is -0.769. The molecule has 2 N–H and O–H groups in total. The monoisotopic (exact) mass is 429 g/mol. The maximum Gasteiger partial charge on any atom is 0.311 e. The van der Waals surface area contributed by atoms with E-state index in [0.29, 0.717) is 16.3 Å². The van der Waals surface area contributed by atoms with E-state index < -0.39 is 36.2 Å². The van der Waals surface area contributed by atoms with Crippen molar-refractivity contribution in [3.05, 3.63) is 64.7 Å². The van der Waals surface area contributed by atoms with Gasteiger partial charge in [0.15, 0.2) is 6.61 Å². The Bertz CT molecular complexity index is 977. The molecule has 0 unspecified atom stereocenters. The quantitative estimate of drug-likeness (QED) is 0.686. The van der Waals surface area contributed by atoms with Crippen molar-refractivity contribution >= 4 is 41.0 Å². The van der Waals surface area contributed by atoms with Gasteiger partial charge in [-0.25, -0.2) is 0 Å². The maximum absolute atomic E-state index is 12.2. The number of rotatable bonds is 6. The van der Waals surface area contributed by atoms with Crippen LogP contribution in [-0.2, 0) is 19.1 Å². The SMILES string of the molecule is Cc1ccccc1NC(=O)COC(=O)[C@@H]1CC(=O)N(NC(=O)c2ccc(Cl)cc2)C1. The number of halogens is 1. The molecule has 0 aliphatic carbocycles. The standard InChI is InChI=1S/C21H20ClN3O5/c1-13-4-2-3-5-17(13)23-18(26)12-30-21(29)15-10-19(27)25(11-15)24-20(28)14-6-8-16(22)9-7-14/h2-9,15H,10-12H2,1H3,(H,23,26)(H,24,28)/t15-/m1/s1. The predicted octanol–water partition coefficient (Wildman–Crippen LogP) is 2.32. The van der Waals surface area contributed by atoms with E-state index in [0.717, 1.165) is 10.6 Å². The lowest BCUT2D eigenvalue weighted by atomic mass is 10.1. The van der Waals surface area contributed by atoms with Crippen molar-refractivity contribution in [1.82, 2.24) is 10.4 Å². The molecular weight excluding hydrogens is 410 g/mol. The fraction of sp³-hybridized carbons (Fsp3) is 0.238. The molecule has 1 aliphatic rings. The van der Waals surface area contributed by atoms with Gasteiger partial charge >= 0.3 is 5.97 Å². The lowest BCUT2D eigenvalue weighted by Gasteiger charge is -2.17. The number of hydrogen-bond acceptors (Lipinski definition) is 5. The molecule has 0 spiro atoms. The first-order valence-electron chi connectivity index (χ1n) is 9.22. The van der Waals surface area contributed by atoms with Crippen LogP contribution in [0.2, 0.25) is 5.02 Å². The number of anilines is 1. The Hall–Kier alpha value is -3.39. The zero-order chi connectivity index (χ0) is 21.7. The highest BCUT2D eigenvalue weighted by molar-refractivity contribution is 6.30. The molecule has 1 saturated heterocycles. The van der Waals surface area contributed by atoms with Gasteiger partial charge in [-0.2, -0.15) is 0 Å². The Morgan fingerprint density at radius 3 is 2.53 bits per heavy atom. The normalized spacial score (nSPS) is 15.6. The number of hydrazine groups is 1. The Morgan fingerprint density at radius 2 is 1.83 bits per heavy atom. The average molecular weight is 430 g/mol. The zero-order valence-corrected chi connectivity index (χ0v) is 16.9. The van der Waals surface area contributed by atoms with Crippen LogP contribution in [0, 0.1) is 12.8 Å². The molecule has 1 fully saturated rings. The van der Waals surface area contributed by atoms with Crippen LogP contribution in [0.3, 0.4) is 0 Å². The van der Waals surface area contributed by atoms with Crippen LogP contribution in [0.1, 0.15) is 22.3 Å². The van der Waals surface area contributed by atoms with E-state index in [-0.39, 0.29) is 13.0 Å². The lowest BCUT2D eigenvalue weighted by molar-refractivity contribution is -0.151. The highest BCUT2D eigenvalue weighted by Gasteiger charge is 2.36. The smallest absolute Gasteiger partial charge is 0.311 e. The molecular formula is C21H20ClN3O5. The number of amides is 3. The van der Waals surface area contributed by atoms with Crippen LogP contribution in [0.4, 0.5) is 5.69 Å². The molecule has 8 nitrogen and oxygen atoms in total. The fourth-order valence-electron chi connectivity index (χ4n) is 2.92. The van der Waals surface area contributed by atoms with Gasteiger partial charge in [0.05, 0.1) is 12.5 Å². The number of ether oxygens (including phenoxy) is 1. The summed E-state index contributed by atoms with van der Waals surface area (Å²) in [6.07, 6.45) is -0.112. The highest BCUT2D eigenvalue weighted by Crippen LogP contribution is 2.19. The first-order chi connectivity index (χ1) is 14.3. The second-order valence-corrected chi connectivity index (χ2v) is 7.26. The molecule has 1 atom stereocenters. The van der Waals surface area contributed by atoms with Gasteiger partial charge in [-0.15, -0.1) is 0 Å². The van der Waals surface area contributed by atoms with Crippen molar-refractivity contribution in [3.8, 4) is 0 Å². The molecule has 9 heteroatoms. The van der Waals surface area contributed by atoms with Crippen molar-refractivity contribution < 1.29 is 23.9 Å². The summed E-state index contributed by atoms with van der Waals surface area (Å²) < 4.78 is 5.04. The predicted molar refractivity (Wildman–Crippen MR) is 110 cm³/mol. The van der Waals surface area contributed by atoms with E-state index in [1.54, 1.807) is 24.3 Å². The number of nitrogens with zero attached hydrogens (tertiary/aromatic N) is 1. The third kappa shape index (κ3) is 5.36. The summed E-state index contributed by atoms with van der Waals surface area (Å²) in [5.41, 5.74) is 4.30. The average Bonchev–Trinajstić information content (AvgIpc) is 3.09. The Labute approximate surface area is 178 Å². The molecule has 156 valence electrons. The summed E-state index contributed by atoms with van der Waals surface area (Å²) >= 11 is 5.79. The van der Waals surface area contributed by atoms with Crippen LogP contribution >= 0.6 is 11.6 Å². The number of benzene rings is 2. The fourth-order valence-corrected chi connectivity index (χ4v) is 3.04. The van der Waals surface area contributed by atoms with Crippen LogP contribution in [0.15, 0.2) is 48.5 Å². The van der Waals surface area contributed by atoms with E-state index >= 15 is 0 Å².